The molecule has 2 rings (SSSR count). The number of carbonyl (C=O) groups is 2. The third kappa shape index (κ3) is 5.06. The lowest BCUT2D eigenvalue weighted by Crippen LogP contribution is -2.25. The fourth-order valence-electron chi connectivity index (χ4n) is 2.30. The number of para-hydroxylation sites is 1. The van der Waals surface area contributed by atoms with E-state index in [0.29, 0.717) is 36.0 Å². The predicted molar refractivity (Wildman–Crippen MR) is 99.7 cm³/mol. The molecule has 2 aromatic rings. The summed E-state index contributed by atoms with van der Waals surface area (Å²) in [6.45, 7) is 4.15. The van der Waals surface area contributed by atoms with Crippen LogP contribution in [0.4, 0.5) is 5.69 Å². The van der Waals surface area contributed by atoms with E-state index >= 15 is 0 Å². The molecule has 0 aliphatic carbocycles. The summed E-state index contributed by atoms with van der Waals surface area (Å²) >= 11 is 1.17. The molecule has 140 valence electrons. The van der Waals surface area contributed by atoms with E-state index in [-0.39, 0.29) is 17.4 Å². The van der Waals surface area contributed by atoms with Crippen LogP contribution in [0.3, 0.4) is 0 Å². The third-order valence-electron chi connectivity index (χ3n) is 3.67. The van der Waals surface area contributed by atoms with Gasteiger partial charge in [0.05, 0.1) is 10.9 Å². The van der Waals surface area contributed by atoms with Crippen LogP contribution >= 0.6 is 11.8 Å². The van der Waals surface area contributed by atoms with E-state index in [1.54, 1.807) is 38.3 Å². The fourth-order valence-corrected chi connectivity index (χ4v) is 3.18. The van der Waals surface area contributed by atoms with Gasteiger partial charge in [-0.2, -0.15) is 0 Å². The summed E-state index contributed by atoms with van der Waals surface area (Å²) in [5, 5.41) is 9.08. The first kappa shape index (κ1) is 19.9. The first-order valence-electron chi connectivity index (χ1n) is 8.15. The number of benzene rings is 1. The van der Waals surface area contributed by atoms with E-state index in [1.807, 2.05) is 0 Å². The summed E-state index contributed by atoms with van der Waals surface area (Å²) in [6, 6.07) is 6.84. The summed E-state index contributed by atoms with van der Waals surface area (Å²) in [6.07, 6.45) is 0.663. The lowest BCUT2D eigenvalue weighted by molar-refractivity contribution is -0.115. The number of aromatic nitrogens is 3. The Morgan fingerprint density at radius 3 is 2.81 bits per heavy atom. The van der Waals surface area contributed by atoms with Gasteiger partial charge in [0.15, 0.2) is 10.9 Å². The molecule has 1 atom stereocenters. The second-order valence-corrected chi connectivity index (χ2v) is 6.97. The van der Waals surface area contributed by atoms with Crippen molar-refractivity contribution in [2.75, 3.05) is 19.0 Å². The Labute approximate surface area is 155 Å². The van der Waals surface area contributed by atoms with Crippen molar-refractivity contribution in [3.63, 3.8) is 0 Å². The molecule has 0 aliphatic heterocycles. The van der Waals surface area contributed by atoms with Gasteiger partial charge in [-0.25, -0.2) is 9.89 Å². The van der Waals surface area contributed by atoms with Gasteiger partial charge in [-0.05, 0) is 32.4 Å². The van der Waals surface area contributed by atoms with E-state index in [0.717, 1.165) is 0 Å². The van der Waals surface area contributed by atoms with E-state index in [1.165, 1.54) is 23.3 Å². The number of rotatable bonds is 9. The van der Waals surface area contributed by atoms with Gasteiger partial charge in [-0.15, -0.1) is 5.10 Å². The van der Waals surface area contributed by atoms with Crippen LogP contribution in [0.5, 0.6) is 0 Å². The number of carbonyl (C=O) groups excluding carboxylic acids is 2. The number of ketones is 1. The molecule has 0 unspecified atom stereocenters. The lowest BCUT2D eigenvalue weighted by atomic mass is 10.1. The van der Waals surface area contributed by atoms with Crippen molar-refractivity contribution in [3.8, 4) is 0 Å². The minimum Gasteiger partial charge on any atom is -0.385 e. The molecule has 9 heteroatoms. The molecule has 0 aliphatic rings. The van der Waals surface area contributed by atoms with E-state index < -0.39 is 5.25 Å². The highest BCUT2D eigenvalue weighted by molar-refractivity contribution is 8.00. The number of hydrogen-bond acceptors (Lipinski definition) is 6. The van der Waals surface area contributed by atoms with Crippen LogP contribution in [0.15, 0.2) is 34.2 Å². The lowest BCUT2D eigenvalue weighted by Gasteiger charge is -2.13. The molecule has 0 radical (unpaired) electrons. The molecule has 8 nitrogen and oxygen atoms in total. The van der Waals surface area contributed by atoms with Gasteiger partial charge in [-0.3, -0.25) is 14.2 Å². The number of hydrogen-bond donors (Lipinski definition) is 2. The Kier molecular flexibility index (Phi) is 7.16. The molecule has 0 saturated heterocycles. The maximum atomic E-state index is 12.5. The van der Waals surface area contributed by atoms with Crippen LogP contribution < -0.4 is 11.0 Å². The summed E-state index contributed by atoms with van der Waals surface area (Å²) in [5.41, 5.74) is 0.601. The van der Waals surface area contributed by atoms with Crippen molar-refractivity contribution in [2.45, 2.75) is 37.2 Å². The second kappa shape index (κ2) is 9.35. The highest BCUT2D eigenvalue weighted by Crippen LogP contribution is 2.23. The number of H-pyrrole nitrogens is 1. The fraction of sp³-hybridized carbons (Fsp3) is 0.412. The number of thioether (sulfide) groups is 1. The van der Waals surface area contributed by atoms with Gasteiger partial charge in [0, 0.05) is 25.8 Å². The molecular weight excluding hydrogens is 356 g/mol. The summed E-state index contributed by atoms with van der Waals surface area (Å²) < 4.78 is 6.47. The molecule has 0 spiro atoms. The highest BCUT2D eigenvalue weighted by Gasteiger charge is 2.20. The molecule has 1 aromatic carbocycles. The number of amides is 1. The number of aromatic amines is 1. The smallest absolute Gasteiger partial charge is 0.343 e. The van der Waals surface area contributed by atoms with Gasteiger partial charge in [0.1, 0.15) is 0 Å². The highest BCUT2D eigenvalue weighted by atomic mass is 32.2. The van der Waals surface area contributed by atoms with E-state index in [2.05, 4.69) is 15.5 Å². The van der Waals surface area contributed by atoms with E-state index in [4.69, 9.17) is 4.74 Å². The molecule has 0 fully saturated rings. The standard InChI is InChI=1S/C17H22N4O4S/c1-11(22)13-7-4-5-8-14(13)18-15(23)12(2)26-17-20-19-16(24)21(17)9-6-10-25-3/h4-5,7-8,12H,6,9-10H2,1-3H3,(H,18,23)(H,19,24)/t12-/m0/s1. The Hall–Kier alpha value is -2.39. The molecule has 1 aromatic heterocycles. The SMILES string of the molecule is COCCCn1c(S[C@@H](C)C(=O)Nc2ccccc2C(C)=O)n[nH]c1=O. The van der Waals surface area contributed by atoms with Crippen molar-refractivity contribution in [1.82, 2.24) is 14.8 Å². The maximum Gasteiger partial charge on any atom is 0.343 e. The molecule has 26 heavy (non-hydrogen) atoms. The Balaban J connectivity index is 2.06. The zero-order valence-electron chi connectivity index (χ0n) is 14.9. The first-order valence-corrected chi connectivity index (χ1v) is 9.03. The number of anilines is 1. The number of nitrogens with one attached hydrogen (secondary N) is 2. The number of methoxy groups -OCH3 is 1. The number of nitrogens with zero attached hydrogens (tertiary/aromatic N) is 2. The third-order valence-corrected chi connectivity index (χ3v) is 4.76. The van der Waals surface area contributed by atoms with Crippen LogP contribution in [-0.4, -0.2) is 45.4 Å². The zero-order valence-corrected chi connectivity index (χ0v) is 15.8. The Morgan fingerprint density at radius 2 is 2.12 bits per heavy atom. The maximum absolute atomic E-state index is 12.5. The van der Waals surface area contributed by atoms with Crippen LogP contribution in [0, 0.1) is 0 Å². The second-order valence-electron chi connectivity index (χ2n) is 5.66. The largest absolute Gasteiger partial charge is 0.385 e. The molecule has 0 bridgehead atoms. The monoisotopic (exact) mass is 378 g/mol. The molecule has 1 heterocycles. The van der Waals surface area contributed by atoms with Crippen LogP contribution in [0.25, 0.3) is 0 Å². The van der Waals surface area contributed by atoms with Gasteiger partial charge < -0.3 is 10.1 Å². The van der Waals surface area contributed by atoms with Crippen molar-refractivity contribution in [2.24, 2.45) is 0 Å². The normalized spacial score (nSPS) is 12.0. The van der Waals surface area contributed by atoms with Gasteiger partial charge in [0.25, 0.3) is 0 Å². The van der Waals surface area contributed by atoms with Gasteiger partial charge >= 0.3 is 5.69 Å². The Bertz CT molecular complexity index is 830. The van der Waals surface area contributed by atoms with Crippen molar-refractivity contribution >= 4 is 29.1 Å². The molecule has 2 N–H and O–H groups in total. The number of Topliss-reactive ketones (excluding diaryl/α,β-unsaturated/α-hetero) is 1. The summed E-state index contributed by atoms with van der Waals surface area (Å²) in [4.78, 5) is 36.0. The van der Waals surface area contributed by atoms with Crippen LogP contribution in [0.1, 0.15) is 30.6 Å². The zero-order chi connectivity index (χ0) is 19.1. The Morgan fingerprint density at radius 1 is 1.38 bits per heavy atom. The summed E-state index contributed by atoms with van der Waals surface area (Å²) in [7, 11) is 1.60. The van der Waals surface area contributed by atoms with Gasteiger partial charge in [0.2, 0.25) is 5.91 Å². The summed E-state index contributed by atoms with van der Waals surface area (Å²) in [5.74, 6) is -0.400. The minimum absolute atomic E-state index is 0.125. The first-order chi connectivity index (χ1) is 12.4. The molecule has 1 amide bonds. The minimum atomic E-state index is -0.508. The molecular formula is C17H22N4O4S. The van der Waals surface area contributed by atoms with Crippen molar-refractivity contribution < 1.29 is 14.3 Å². The average molecular weight is 378 g/mol. The van der Waals surface area contributed by atoms with E-state index in [9.17, 15) is 14.4 Å². The van der Waals surface area contributed by atoms with Crippen LogP contribution in [-0.2, 0) is 16.1 Å². The van der Waals surface area contributed by atoms with Gasteiger partial charge in [-0.1, -0.05) is 23.9 Å². The quantitative estimate of drug-likeness (QED) is 0.392. The average Bonchev–Trinajstić information content (AvgIpc) is 2.95. The predicted octanol–water partition coefficient (Wildman–Crippen LogP) is 1.93. The number of ether oxygens (including phenoxy) is 1. The topological polar surface area (TPSA) is 106 Å². The van der Waals surface area contributed by atoms with Crippen molar-refractivity contribution in [3.05, 3.63) is 40.3 Å². The molecule has 0 saturated carbocycles. The van der Waals surface area contributed by atoms with Crippen molar-refractivity contribution in [1.29, 1.82) is 0 Å². The van der Waals surface area contributed by atoms with Crippen LogP contribution in [0.2, 0.25) is 0 Å².